The molecular formula is C10H18N10O6S4Zn+2. The van der Waals surface area contributed by atoms with Crippen molar-refractivity contribution in [2.24, 2.45) is 10.3 Å². The van der Waals surface area contributed by atoms with Crippen LogP contribution in [0.15, 0.2) is 8.68 Å². The molecule has 2 aromatic heterocycles. The maximum absolute atomic E-state index is 11.0. The van der Waals surface area contributed by atoms with Crippen LogP contribution in [-0.2, 0) is 48.8 Å². The van der Waals surface area contributed by atoms with Gasteiger partial charge in [0.05, 0.1) is 13.2 Å². The second kappa shape index (κ2) is 12.8. The minimum absolute atomic E-state index is 0. The number of carbonyl (C=O) groups excluding carboxylic acids is 2. The Bertz CT molecular complexity index is 999. The molecule has 0 aliphatic heterocycles. The average Bonchev–Trinajstić information content (AvgIpc) is 3.24. The van der Waals surface area contributed by atoms with Crippen molar-refractivity contribution in [2.45, 2.75) is 22.5 Å². The minimum atomic E-state index is -3.38. The molecule has 0 radical (unpaired) electrons. The van der Waals surface area contributed by atoms with E-state index in [0.717, 1.165) is 22.7 Å². The molecule has 0 spiro atoms. The summed E-state index contributed by atoms with van der Waals surface area (Å²) in [6.45, 7) is 3.76. The molecular weight excluding hydrogens is 550 g/mol. The van der Waals surface area contributed by atoms with Gasteiger partial charge in [0, 0.05) is 0 Å². The number of amides is 2. The van der Waals surface area contributed by atoms with E-state index in [-0.39, 0.29) is 51.6 Å². The van der Waals surface area contributed by atoms with Crippen LogP contribution in [0.5, 0.6) is 0 Å². The molecule has 31 heavy (non-hydrogen) atoms. The number of rotatable bonds is 6. The van der Waals surface area contributed by atoms with Crippen LogP contribution in [0.25, 0.3) is 0 Å². The van der Waals surface area contributed by atoms with Gasteiger partial charge in [0.15, 0.2) is 19.8 Å². The van der Waals surface area contributed by atoms with Gasteiger partial charge in [0.25, 0.3) is 0 Å². The van der Waals surface area contributed by atoms with Crippen molar-refractivity contribution in [3.63, 3.8) is 0 Å². The number of hydrogen-bond donors (Lipinski definition) is 6. The first-order valence-corrected chi connectivity index (χ1v) is 12.4. The molecule has 8 N–H and O–H groups in total. The van der Waals surface area contributed by atoms with Gasteiger partial charge in [-0.3, -0.25) is 10.6 Å². The molecule has 2 heterocycles. The average molecular weight is 568 g/mol. The van der Waals surface area contributed by atoms with E-state index in [1.54, 1.807) is 13.8 Å². The van der Waals surface area contributed by atoms with Crippen LogP contribution >= 0.6 is 22.7 Å². The Hall–Kier alpha value is -1.90. The fourth-order valence-electron chi connectivity index (χ4n) is 1.27. The van der Waals surface area contributed by atoms with E-state index in [9.17, 15) is 18.0 Å². The molecule has 0 fully saturated rings. The van der Waals surface area contributed by atoms with Crippen molar-refractivity contribution in [1.29, 1.82) is 9.56 Å². The maximum Gasteiger partial charge on any atom is 2.00 e. The Balaban J connectivity index is 0.000000562. The van der Waals surface area contributed by atoms with Crippen molar-refractivity contribution in [1.82, 2.24) is 20.4 Å². The van der Waals surface area contributed by atoms with Crippen LogP contribution in [-0.4, -0.2) is 54.2 Å². The van der Waals surface area contributed by atoms with E-state index < -0.39 is 32.0 Å². The fourth-order valence-corrected chi connectivity index (χ4v) is 3.99. The van der Waals surface area contributed by atoms with Gasteiger partial charge in [-0.25, -0.2) is 37.8 Å². The third-order valence-electron chi connectivity index (χ3n) is 2.30. The van der Waals surface area contributed by atoms with Crippen LogP contribution < -0.4 is 20.9 Å². The number of aromatic nitrogens is 4. The molecule has 21 heteroatoms. The van der Waals surface area contributed by atoms with Crippen molar-refractivity contribution in [3.8, 4) is 0 Å². The first kappa shape index (κ1) is 29.1. The summed E-state index contributed by atoms with van der Waals surface area (Å²) >= 11 is 1.54. The fraction of sp³-hybridized carbons (Fsp3) is 0.400. The van der Waals surface area contributed by atoms with Gasteiger partial charge >= 0.3 is 31.7 Å². The number of nitrogens with two attached hydrogens (primary N) is 2. The van der Waals surface area contributed by atoms with Gasteiger partial charge in [-0.1, -0.05) is 22.7 Å². The van der Waals surface area contributed by atoms with E-state index in [1.165, 1.54) is 0 Å². The van der Waals surface area contributed by atoms with Crippen LogP contribution in [0.2, 0.25) is 0 Å². The Labute approximate surface area is 197 Å². The molecule has 0 aliphatic rings. The molecule has 0 aliphatic carbocycles. The van der Waals surface area contributed by atoms with Gasteiger partial charge in [-0.05, 0) is 13.8 Å². The van der Waals surface area contributed by atoms with Crippen molar-refractivity contribution < 1.29 is 47.0 Å². The second-order valence-electron chi connectivity index (χ2n) is 4.64. The van der Waals surface area contributed by atoms with Gasteiger partial charge in [-0.15, -0.1) is 20.4 Å². The number of nitrogens with zero attached hydrogens (tertiary/aromatic N) is 4. The zero-order valence-electron chi connectivity index (χ0n) is 16.1. The summed E-state index contributed by atoms with van der Waals surface area (Å²) in [6, 6.07) is 0. The predicted molar refractivity (Wildman–Crippen MR) is 108 cm³/mol. The molecule has 0 saturated carbocycles. The SMILES string of the molecule is CCOC(=O)Nc1nnc(S(=N)(N)=O)s1.CCOC(=O)Nc1nnc(S(=N)(N)=O)s1.[Zn+2]. The summed E-state index contributed by atoms with van der Waals surface area (Å²) in [5.41, 5.74) is 0. The van der Waals surface area contributed by atoms with Crippen molar-refractivity contribution in [2.75, 3.05) is 23.8 Å². The summed E-state index contributed by atoms with van der Waals surface area (Å²) in [6.07, 6.45) is -1.37. The molecule has 2 atom stereocenters. The summed E-state index contributed by atoms with van der Waals surface area (Å²) in [5, 5.41) is 28.5. The van der Waals surface area contributed by atoms with Crippen LogP contribution in [0, 0.1) is 9.56 Å². The number of ether oxygens (including phenoxy) is 2. The maximum atomic E-state index is 11.0. The number of nitrogens with one attached hydrogen (secondary N) is 4. The largest absolute Gasteiger partial charge is 2.00 e. The zero-order chi connectivity index (χ0) is 22.9. The summed E-state index contributed by atoms with van der Waals surface area (Å²) < 4.78 is 45.0. The quantitative estimate of drug-likeness (QED) is 0.211. The third kappa shape index (κ3) is 10.8. The van der Waals surface area contributed by atoms with Gasteiger partial charge < -0.3 is 9.47 Å². The molecule has 2 amide bonds. The van der Waals surface area contributed by atoms with E-state index in [4.69, 9.17) is 19.8 Å². The first-order chi connectivity index (χ1) is 13.9. The van der Waals surface area contributed by atoms with E-state index >= 15 is 0 Å². The molecule has 0 bridgehead atoms. The van der Waals surface area contributed by atoms with Gasteiger partial charge in [0.2, 0.25) is 18.9 Å². The Kier molecular flexibility index (Phi) is 12.1. The van der Waals surface area contributed by atoms with E-state index in [1.807, 2.05) is 0 Å². The van der Waals surface area contributed by atoms with Gasteiger partial charge in [-0.2, -0.15) is 0 Å². The molecule has 2 rings (SSSR count). The van der Waals surface area contributed by atoms with Crippen LogP contribution in [0.4, 0.5) is 19.9 Å². The third-order valence-corrected chi connectivity index (χ3v) is 6.75. The molecule has 0 saturated heterocycles. The molecule has 2 aromatic rings. The van der Waals surface area contributed by atoms with Crippen molar-refractivity contribution >= 4 is 65.0 Å². The summed E-state index contributed by atoms with van der Waals surface area (Å²) in [4.78, 5) is 21.9. The van der Waals surface area contributed by atoms with E-state index in [2.05, 4.69) is 40.5 Å². The Morgan fingerprint density at radius 1 is 0.871 bits per heavy atom. The molecule has 16 nitrogen and oxygen atoms in total. The summed E-state index contributed by atoms with van der Waals surface area (Å²) in [7, 11) is -6.75. The smallest absolute Gasteiger partial charge is 0.450 e. The predicted octanol–water partition coefficient (Wildman–Crippen LogP) is 0.769. The summed E-state index contributed by atoms with van der Waals surface area (Å²) in [5.74, 6) is 0. The standard InChI is InChI=1S/2C5H9N5O3S2.Zn/c2*1-2-13-4(11)8-3-9-10-5(14-3)15(6,7)12;/h2*2H2,1H3,(H3,6,7,12)(H,8,9,11);/q;;+2. The second-order valence-corrected chi connectivity index (χ2v) is 10.3. The van der Waals surface area contributed by atoms with Crippen molar-refractivity contribution in [3.05, 3.63) is 0 Å². The minimum Gasteiger partial charge on any atom is -0.450 e. The Morgan fingerprint density at radius 3 is 1.42 bits per heavy atom. The topological polar surface area (TPSA) is 262 Å². The molecule has 168 valence electrons. The first-order valence-electron chi connectivity index (χ1n) is 7.54. The zero-order valence-corrected chi connectivity index (χ0v) is 22.4. The normalized spacial score (nSPS) is 13.8. The van der Waals surface area contributed by atoms with E-state index in [0.29, 0.717) is 0 Å². The molecule has 0 aromatic carbocycles. The van der Waals surface area contributed by atoms with Gasteiger partial charge in [0.1, 0.15) is 0 Å². The number of carbonyl (C=O) groups is 2. The number of hydrogen-bond acceptors (Lipinski definition) is 14. The molecule has 2 unspecified atom stereocenters. The Morgan fingerprint density at radius 2 is 1.19 bits per heavy atom. The number of anilines is 2. The van der Waals surface area contributed by atoms with Crippen LogP contribution in [0.3, 0.4) is 0 Å². The monoisotopic (exact) mass is 566 g/mol. The van der Waals surface area contributed by atoms with Crippen LogP contribution in [0.1, 0.15) is 13.8 Å².